The van der Waals surface area contributed by atoms with Crippen LogP contribution < -0.4 is 10.1 Å². The van der Waals surface area contributed by atoms with E-state index in [1.807, 2.05) is 6.07 Å². The van der Waals surface area contributed by atoms with Crippen LogP contribution in [-0.4, -0.2) is 37.4 Å². The summed E-state index contributed by atoms with van der Waals surface area (Å²) in [6.45, 7) is 0.0213. The Labute approximate surface area is 151 Å². The summed E-state index contributed by atoms with van der Waals surface area (Å²) in [5.41, 5.74) is 1.98. The minimum Gasteiger partial charge on any atom is -0.497 e. The molecule has 1 aliphatic carbocycles. The topological polar surface area (TPSA) is 58.6 Å². The molecule has 2 amide bonds. The van der Waals surface area contributed by atoms with Crippen LogP contribution in [0.4, 0.5) is 5.69 Å². The zero-order valence-electron chi connectivity index (χ0n) is 14.5. The monoisotopic (exact) mass is 358 g/mol. The number of thiophene rings is 1. The lowest BCUT2D eigenvalue weighted by Crippen LogP contribution is -2.34. The minimum atomic E-state index is -0.220. The van der Waals surface area contributed by atoms with E-state index in [1.165, 1.54) is 28.2 Å². The number of aryl methyl sites for hydroxylation is 2. The summed E-state index contributed by atoms with van der Waals surface area (Å²) >= 11 is 1.57. The quantitative estimate of drug-likeness (QED) is 0.892. The fraction of sp³-hybridized carbons (Fsp3) is 0.368. The molecule has 0 saturated heterocycles. The van der Waals surface area contributed by atoms with Gasteiger partial charge in [0.25, 0.3) is 5.91 Å². The molecule has 6 heteroatoms. The van der Waals surface area contributed by atoms with Gasteiger partial charge in [-0.1, -0.05) is 0 Å². The second-order valence-electron chi connectivity index (χ2n) is 6.20. The van der Waals surface area contributed by atoms with Gasteiger partial charge in [-0.3, -0.25) is 9.59 Å². The Bertz CT molecular complexity index is 744. The van der Waals surface area contributed by atoms with Gasteiger partial charge in [-0.15, -0.1) is 11.3 Å². The Kier molecular flexibility index (Phi) is 5.38. The fourth-order valence-corrected chi connectivity index (χ4v) is 4.19. The molecule has 1 N–H and O–H groups in total. The predicted molar refractivity (Wildman–Crippen MR) is 99.5 cm³/mol. The van der Waals surface area contributed by atoms with E-state index in [2.05, 4.69) is 5.32 Å². The summed E-state index contributed by atoms with van der Waals surface area (Å²) in [6.07, 6.45) is 4.51. The lowest BCUT2D eigenvalue weighted by atomic mass is 9.99. The molecule has 0 fully saturated rings. The summed E-state index contributed by atoms with van der Waals surface area (Å²) in [5.74, 6) is 0.415. The van der Waals surface area contributed by atoms with Crippen LogP contribution in [0, 0.1) is 0 Å². The van der Waals surface area contributed by atoms with Crippen molar-refractivity contribution in [2.45, 2.75) is 25.7 Å². The highest BCUT2D eigenvalue weighted by Crippen LogP contribution is 2.30. The number of likely N-dealkylation sites (N-methyl/N-ethyl adjacent to an activating group) is 1. The number of carbonyl (C=O) groups is 2. The van der Waals surface area contributed by atoms with Gasteiger partial charge in [0.15, 0.2) is 0 Å². The third-order valence-electron chi connectivity index (χ3n) is 4.31. The van der Waals surface area contributed by atoms with Gasteiger partial charge in [0, 0.05) is 17.6 Å². The van der Waals surface area contributed by atoms with Gasteiger partial charge in [0.1, 0.15) is 5.75 Å². The molecule has 0 spiro atoms. The molecule has 0 aliphatic heterocycles. The van der Waals surface area contributed by atoms with Gasteiger partial charge in [0.05, 0.1) is 18.5 Å². The Balaban J connectivity index is 1.58. The average molecular weight is 358 g/mol. The van der Waals surface area contributed by atoms with E-state index in [0.29, 0.717) is 5.69 Å². The van der Waals surface area contributed by atoms with E-state index in [0.717, 1.165) is 23.5 Å². The summed E-state index contributed by atoms with van der Waals surface area (Å²) in [5, 5.41) is 2.79. The lowest BCUT2D eigenvalue weighted by molar-refractivity contribution is -0.116. The standard InChI is InChI=1S/C19H22N2O3S/c1-21(12-18(22)20-14-7-9-15(24-2)10-8-14)19(23)17-11-13-5-3-4-6-16(13)25-17/h7-11H,3-6,12H2,1-2H3,(H,20,22). The summed E-state index contributed by atoms with van der Waals surface area (Å²) < 4.78 is 5.09. The molecule has 132 valence electrons. The smallest absolute Gasteiger partial charge is 0.264 e. The first-order valence-corrected chi connectivity index (χ1v) is 9.19. The van der Waals surface area contributed by atoms with E-state index < -0.39 is 0 Å². The Morgan fingerprint density at radius 3 is 2.60 bits per heavy atom. The van der Waals surface area contributed by atoms with Gasteiger partial charge in [-0.25, -0.2) is 0 Å². The number of hydrogen-bond donors (Lipinski definition) is 1. The van der Waals surface area contributed by atoms with Gasteiger partial charge in [0.2, 0.25) is 5.91 Å². The van der Waals surface area contributed by atoms with E-state index in [4.69, 9.17) is 4.74 Å². The van der Waals surface area contributed by atoms with Crippen molar-refractivity contribution in [2.24, 2.45) is 0 Å². The van der Waals surface area contributed by atoms with Gasteiger partial charge in [-0.05, 0) is 61.6 Å². The lowest BCUT2D eigenvalue weighted by Gasteiger charge is -2.16. The summed E-state index contributed by atoms with van der Waals surface area (Å²) in [7, 11) is 3.26. The van der Waals surface area contributed by atoms with Crippen molar-refractivity contribution in [3.63, 3.8) is 0 Å². The molecule has 0 radical (unpaired) electrons. The second kappa shape index (κ2) is 7.70. The SMILES string of the molecule is COc1ccc(NC(=O)CN(C)C(=O)c2cc3c(s2)CCCC3)cc1. The number of anilines is 1. The Morgan fingerprint density at radius 2 is 1.92 bits per heavy atom. The van der Waals surface area contributed by atoms with Crippen LogP contribution in [0.5, 0.6) is 5.75 Å². The zero-order valence-corrected chi connectivity index (χ0v) is 15.3. The molecular weight excluding hydrogens is 336 g/mol. The van der Waals surface area contributed by atoms with Crippen LogP contribution in [-0.2, 0) is 17.6 Å². The number of nitrogens with one attached hydrogen (secondary N) is 1. The molecule has 25 heavy (non-hydrogen) atoms. The third kappa shape index (κ3) is 4.20. The van der Waals surface area contributed by atoms with Crippen LogP contribution >= 0.6 is 11.3 Å². The van der Waals surface area contributed by atoms with Gasteiger partial charge >= 0.3 is 0 Å². The normalized spacial score (nSPS) is 13.0. The molecule has 1 heterocycles. The van der Waals surface area contributed by atoms with Gasteiger partial charge in [-0.2, -0.15) is 0 Å². The van der Waals surface area contributed by atoms with E-state index >= 15 is 0 Å². The van der Waals surface area contributed by atoms with Gasteiger partial charge < -0.3 is 15.0 Å². The number of benzene rings is 1. The molecule has 1 aromatic carbocycles. The number of amides is 2. The number of nitrogens with zero attached hydrogens (tertiary/aromatic N) is 1. The van der Waals surface area contributed by atoms with Crippen molar-refractivity contribution in [3.8, 4) is 5.75 Å². The van der Waals surface area contributed by atoms with Crippen molar-refractivity contribution in [1.82, 2.24) is 4.90 Å². The Morgan fingerprint density at radius 1 is 1.20 bits per heavy atom. The number of methoxy groups -OCH3 is 1. The molecular formula is C19H22N2O3S. The first-order chi connectivity index (χ1) is 12.1. The maximum Gasteiger partial charge on any atom is 0.264 e. The highest BCUT2D eigenvalue weighted by atomic mass is 32.1. The maximum atomic E-state index is 12.6. The first-order valence-electron chi connectivity index (χ1n) is 8.38. The highest BCUT2D eigenvalue weighted by Gasteiger charge is 2.21. The van der Waals surface area contributed by atoms with Crippen molar-refractivity contribution in [2.75, 3.05) is 26.0 Å². The number of carbonyl (C=O) groups excluding carboxylic acids is 2. The van der Waals surface area contributed by atoms with Crippen molar-refractivity contribution >= 4 is 28.8 Å². The average Bonchev–Trinajstić information content (AvgIpc) is 3.05. The van der Waals surface area contributed by atoms with E-state index in [9.17, 15) is 9.59 Å². The number of ether oxygens (including phenoxy) is 1. The first kappa shape index (κ1) is 17.5. The molecule has 2 aromatic rings. The molecule has 0 unspecified atom stereocenters. The van der Waals surface area contributed by atoms with Crippen LogP contribution in [0.15, 0.2) is 30.3 Å². The molecule has 0 atom stereocenters. The number of rotatable bonds is 5. The van der Waals surface area contributed by atoms with Crippen molar-refractivity contribution < 1.29 is 14.3 Å². The molecule has 0 saturated carbocycles. The summed E-state index contributed by atoms with van der Waals surface area (Å²) in [6, 6.07) is 9.10. The fourth-order valence-electron chi connectivity index (χ4n) is 2.95. The molecule has 1 aliphatic rings. The highest BCUT2D eigenvalue weighted by molar-refractivity contribution is 7.14. The molecule has 3 rings (SSSR count). The van der Waals surface area contributed by atoms with E-state index in [1.54, 1.807) is 49.8 Å². The predicted octanol–water partition coefficient (Wildman–Crippen LogP) is 3.35. The number of fused-ring (bicyclic) bond motifs is 1. The summed E-state index contributed by atoms with van der Waals surface area (Å²) in [4.78, 5) is 28.3. The zero-order chi connectivity index (χ0) is 17.8. The van der Waals surface area contributed by atoms with Crippen LogP contribution in [0.1, 0.15) is 33.0 Å². The van der Waals surface area contributed by atoms with E-state index in [-0.39, 0.29) is 18.4 Å². The molecule has 0 bridgehead atoms. The number of hydrogen-bond acceptors (Lipinski definition) is 4. The molecule has 1 aromatic heterocycles. The third-order valence-corrected chi connectivity index (χ3v) is 5.53. The van der Waals surface area contributed by atoms with Crippen LogP contribution in [0.25, 0.3) is 0 Å². The molecule has 5 nitrogen and oxygen atoms in total. The second-order valence-corrected chi connectivity index (χ2v) is 7.34. The Hall–Kier alpha value is -2.34. The largest absolute Gasteiger partial charge is 0.497 e. The van der Waals surface area contributed by atoms with Crippen LogP contribution in [0.2, 0.25) is 0 Å². The minimum absolute atomic E-state index is 0.0213. The van der Waals surface area contributed by atoms with Crippen molar-refractivity contribution in [1.29, 1.82) is 0 Å². The van der Waals surface area contributed by atoms with Crippen molar-refractivity contribution in [3.05, 3.63) is 45.6 Å². The van der Waals surface area contributed by atoms with Crippen LogP contribution in [0.3, 0.4) is 0 Å². The maximum absolute atomic E-state index is 12.6.